The Morgan fingerprint density at radius 2 is 2.23 bits per heavy atom. The lowest BCUT2D eigenvalue weighted by Crippen LogP contribution is -2.39. The minimum Gasteiger partial charge on any atom is -0.355 e. The maximum atomic E-state index is 12.8. The number of aromatic amines is 1. The zero-order chi connectivity index (χ0) is 18.8. The summed E-state index contributed by atoms with van der Waals surface area (Å²) in [5, 5.41) is 3.60. The second-order valence-electron chi connectivity index (χ2n) is 7.18. The molecule has 7 heteroatoms. The third-order valence-corrected chi connectivity index (χ3v) is 6.40. The first-order valence-electron chi connectivity index (χ1n) is 9.49. The summed E-state index contributed by atoms with van der Waals surface area (Å²) in [6.45, 7) is 9.79. The van der Waals surface area contributed by atoms with E-state index in [-0.39, 0.29) is 17.5 Å². The molecule has 2 heterocycles. The largest absolute Gasteiger partial charge is 0.355 e. The molecule has 0 unspecified atom stereocenters. The maximum absolute atomic E-state index is 12.8. The number of carbonyl (C=O) groups excluding carboxylic acids is 1. The zero-order valence-electron chi connectivity index (χ0n) is 16.0. The molecule has 26 heavy (non-hydrogen) atoms. The van der Waals surface area contributed by atoms with E-state index in [0.717, 1.165) is 29.5 Å². The molecule has 3 rings (SSSR count). The molecule has 0 aliphatic heterocycles. The van der Waals surface area contributed by atoms with Gasteiger partial charge in [0.2, 0.25) is 5.91 Å². The van der Waals surface area contributed by atoms with Gasteiger partial charge in [-0.3, -0.25) is 14.5 Å². The Morgan fingerprint density at radius 3 is 2.92 bits per heavy atom. The monoisotopic (exact) mass is 376 g/mol. The van der Waals surface area contributed by atoms with Crippen LogP contribution in [0.25, 0.3) is 10.2 Å². The van der Waals surface area contributed by atoms with Gasteiger partial charge in [-0.25, -0.2) is 4.98 Å². The van der Waals surface area contributed by atoms with Crippen molar-refractivity contribution in [3.8, 4) is 0 Å². The number of likely N-dealkylation sites (N-methyl/N-ethyl adjacent to an activating group) is 2. The minimum atomic E-state index is -0.127. The molecule has 6 nitrogen and oxygen atoms in total. The number of hydrogen-bond donors (Lipinski definition) is 2. The van der Waals surface area contributed by atoms with Crippen molar-refractivity contribution in [1.82, 2.24) is 20.2 Å². The second kappa shape index (κ2) is 7.88. The number of H-pyrrole nitrogens is 1. The average molecular weight is 377 g/mol. The number of carbonyl (C=O) groups is 1. The lowest BCUT2D eigenvalue weighted by molar-refractivity contribution is -0.122. The van der Waals surface area contributed by atoms with Crippen LogP contribution in [0.15, 0.2) is 4.79 Å². The third-order valence-electron chi connectivity index (χ3n) is 5.25. The highest BCUT2D eigenvalue weighted by Crippen LogP contribution is 2.36. The molecule has 1 aliphatic rings. The van der Waals surface area contributed by atoms with Gasteiger partial charge in [-0.15, -0.1) is 11.3 Å². The molecule has 0 fully saturated rings. The van der Waals surface area contributed by atoms with Crippen LogP contribution in [0.3, 0.4) is 0 Å². The first-order chi connectivity index (χ1) is 12.4. The molecule has 0 bridgehead atoms. The predicted molar refractivity (Wildman–Crippen MR) is 106 cm³/mol. The molecule has 2 aromatic heterocycles. The topological polar surface area (TPSA) is 78.1 Å². The van der Waals surface area contributed by atoms with Crippen molar-refractivity contribution in [3.05, 3.63) is 26.6 Å². The molecule has 0 saturated heterocycles. The van der Waals surface area contributed by atoms with E-state index in [1.165, 1.54) is 10.4 Å². The Balaban J connectivity index is 1.92. The van der Waals surface area contributed by atoms with Crippen molar-refractivity contribution in [2.24, 2.45) is 5.92 Å². The number of aryl methyl sites for hydroxylation is 1. The first-order valence-corrected chi connectivity index (χ1v) is 10.3. The minimum absolute atomic E-state index is 0.00907. The molecular weight excluding hydrogens is 348 g/mol. The summed E-state index contributed by atoms with van der Waals surface area (Å²) in [6, 6.07) is -0.127. The van der Waals surface area contributed by atoms with Gasteiger partial charge in [0.05, 0.1) is 18.0 Å². The van der Waals surface area contributed by atoms with Gasteiger partial charge in [-0.05, 0) is 51.1 Å². The average Bonchev–Trinajstić information content (AvgIpc) is 2.96. The number of thiophene rings is 1. The smallest absolute Gasteiger partial charge is 0.259 e. The van der Waals surface area contributed by atoms with Crippen LogP contribution in [0.2, 0.25) is 0 Å². The molecule has 2 atom stereocenters. The summed E-state index contributed by atoms with van der Waals surface area (Å²) >= 11 is 1.66. The lowest BCUT2D eigenvalue weighted by atomic mass is 9.89. The fraction of sp³-hybridized carbons (Fsp3) is 0.632. The number of nitrogens with zero attached hydrogens (tertiary/aromatic N) is 2. The fourth-order valence-corrected chi connectivity index (χ4v) is 5.09. The van der Waals surface area contributed by atoms with Crippen LogP contribution in [0.5, 0.6) is 0 Å². The van der Waals surface area contributed by atoms with E-state index < -0.39 is 0 Å². The summed E-state index contributed by atoms with van der Waals surface area (Å²) in [7, 11) is 0. The summed E-state index contributed by atoms with van der Waals surface area (Å²) in [5.41, 5.74) is 1.16. The molecule has 2 N–H and O–H groups in total. The van der Waals surface area contributed by atoms with E-state index in [4.69, 9.17) is 4.98 Å². The number of hydrogen-bond acceptors (Lipinski definition) is 5. The van der Waals surface area contributed by atoms with Gasteiger partial charge in [-0.2, -0.15) is 0 Å². The van der Waals surface area contributed by atoms with E-state index in [1.807, 2.05) is 25.7 Å². The second-order valence-corrected chi connectivity index (χ2v) is 8.26. The highest BCUT2D eigenvalue weighted by atomic mass is 32.1. The van der Waals surface area contributed by atoms with Crippen molar-refractivity contribution >= 4 is 27.5 Å². The number of rotatable bonds is 6. The van der Waals surface area contributed by atoms with Crippen molar-refractivity contribution in [1.29, 1.82) is 0 Å². The number of nitrogens with one attached hydrogen (secondary N) is 2. The van der Waals surface area contributed by atoms with E-state index >= 15 is 0 Å². The van der Waals surface area contributed by atoms with E-state index in [1.54, 1.807) is 11.3 Å². The van der Waals surface area contributed by atoms with Crippen LogP contribution in [0.1, 0.15) is 56.4 Å². The van der Waals surface area contributed by atoms with Crippen molar-refractivity contribution in [3.63, 3.8) is 0 Å². The summed E-state index contributed by atoms with van der Waals surface area (Å²) in [6.07, 6.45) is 3.14. The van der Waals surface area contributed by atoms with Crippen LogP contribution in [-0.2, 0) is 17.6 Å². The molecule has 1 amide bonds. The molecule has 0 saturated carbocycles. The predicted octanol–water partition coefficient (Wildman–Crippen LogP) is 2.63. The van der Waals surface area contributed by atoms with Gasteiger partial charge in [0.25, 0.3) is 5.56 Å². The molecule has 0 aromatic carbocycles. The van der Waals surface area contributed by atoms with Gasteiger partial charge in [0.1, 0.15) is 10.7 Å². The van der Waals surface area contributed by atoms with E-state index in [2.05, 4.69) is 17.2 Å². The van der Waals surface area contributed by atoms with Gasteiger partial charge >= 0.3 is 0 Å². The van der Waals surface area contributed by atoms with Gasteiger partial charge < -0.3 is 10.3 Å². The molecule has 0 radical (unpaired) electrons. The fourth-order valence-electron chi connectivity index (χ4n) is 3.70. The van der Waals surface area contributed by atoms with Crippen molar-refractivity contribution < 1.29 is 4.79 Å². The maximum Gasteiger partial charge on any atom is 0.259 e. The van der Waals surface area contributed by atoms with Crippen molar-refractivity contribution in [2.75, 3.05) is 19.6 Å². The highest BCUT2D eigenvalue weighted by molar-refractivity contribution is 7.18. The molecule has 2 aromatic rings. The van der Waals surface area contributed by atoms with Crippen molar-refractivity contribution in [2.45, 2.75) is 53.0 Å². The van der Waals surface area contributed by atoms with Gasteiger partial charge in [-0.1, -0.05) is 13.8 Å². The molecular formula is C19H28N4O2S. The highest BCUT2D eigenvalue weighted by Gasteiger charge is 2.25. The quantitative estimate of drug-likeness (QED) is 0.812. The first kappa shape index (κ1) is 19.0. The Labute approximate surface area is 158 Å². The van der Waals surface area contributed by atoms with Crippen LogP contribution in [0, 0.1) is 5.92 Å². The molecule has 1 aliphatic carbocycles. The van der Waals surface area contributed by atoms with Crippen LogP contribution >= 0.6 is 11.3 Å². The Hall–Kier alpha value is -1.73. The SMILES string of the molecule is CCNC(=O)CN(CC)[C@H](C)c1nc2sc3c(c2c(=O)[nH]1)CC[C@@H](C)C3. The number of fused-ring (bicyclic) bond motifs is 3. The van der Waals surface area contributed by atoms with Gasteiger partial charge in [0.15, 0.2) is 0 Å². The summed E-state index contributed by atoms with van der Waals surface area (Å²) in [4.78, 5) is 36.6. The standard InChI is InChI=1S/C19H28N4O2S/c1-5-20-15(24)10-23(6-2)12(4)17-21-18(25)16-13-8-7-11(3)9-14(13)26-19(16)22-17/h11-12H,5-10H2,1-4H3,(H,20,24)(H,21,22,25)/t11-,12-/m1/s1. The summed E-state index contributed by atoms with van der Waals surface area (Å²) in [5.74, 6) is 1.30. The van der Waals surface area contributed by atoms with Crippen LogP contribution in [0.4, 0.5) is 0 Å². The van der Waals surface area contributed by atoms with Gasteiger partial charge in [0, 0.05) is 11.4 Å². The zero-order valence-corrected chi connectivity index (χ0v) is 16.8. The lowest BCUT2D eigenvalue weighted by Gasteiger charge is -2.26. The third kappa shape index (κ3) is 3.69. The molecule has 142 valence electrons. The van der Waals surface area contributed by atoms with E-state index in [0.29, 0.717) is 31.4 Å². The number of aromatic nitrogens is 2. The van der Waals surface area contributed by atoms with E-state index in [9.17, 15) is 9.59 Å². The van der Waals surface area contributed by atoms with Crippen LogP contribution < -0.4 is 10.9 Å². The van der Waals surface area contributed by atoms with Crippen LogP contribution in [-0.4, -0.2) is 40.4 Å². The molecule has 0 spiro atoms. The Kier molecular flexibility index (Phi) is 5.77. The normalized spacial score (nSPS) is 18.1. The number of amides is 1. The Morgan fingerprint density at radius 1 is 1.46 bits per heavy atom. The summed E-state index contributed by atoms with van der Waals surface area (Å²) < 4.78 is 0. The Bertz CT molecular complexity index is 857.